The molecule has 0 atom stereocenters. The quantitative estimate of drug-likeness (QED) is 0.306. The summed E-state index contributed by atoms with van der Waals surface area (Å²) in [7, 11) is 0. The second-order valence-corrected chi connectivity index (χ2v) is 9.14. The average molecular weight is 548 g/mol. The van der Waals surface area contributed by atoms with Gasteiger partial charge in [-0.05, 0) is 37.3 Å². The molecule has 2 aromatic heterocycles. The van der Waals surface area contributed by atoms with Crippen molar-refractivity contribution < 1.29 is 18.3 Å². The molecule has 0 spiro atoms. The first-order valence-electron chi connectivity index (χ1n) is 11.4. The van der Waals surface area contributed by atoms with Crippen LogP contribution in [0.25, 0.3) is 5.69 Å². The molecular formula is C25H21Cl2F2N5O3. The number of aromatic nitrogens is 4. The van der Waals surface area contributed by atoms with Gasteiger partial charge in [-0.25, -0.2) is 18.6 Å². The predicted molar refractivity (Wildman–Crippen MR) is 135 cm³/mol. The molecule has 1 saturated heterocycles. The highest BCUT2D eigenvalue weighted by Crippen LogP contribution is 2.36. The number of hydrogen-bond acceptors (Lipinski definition) is 6. The smallest absolute Gasteiger partial charge is 0.350 e. The molecule has 8 nitrogen and oxygen atoms in total. The van der Waals surface area contributed by atoms with Crippen LogP contribution in [0.5, 0.6) is 11.5 Å². The van der Waals surface area contributed by atoms with E-state index in [9.17, 15) is 13.6 Å². The molecule has 0 aliphatic carbocycles. The predicted octanol–water partition coefficient (Wildman–Crippen LogP) is 5.08. The van der Waals surface area contributed by atoms with Crippen molar-refractivity contribution >= 4 is 29.0 Å². The minimum Gasteiger partial charge on any atom is -0.454 e. The molecule has 1 aliphatic rings. The SMILES string of the molecule is CCOC1CN(c2cc(Oc3ccc(-n4ncn(Cc5c(F)cccc5F)c4=O)cc3Cl)c(Cl)cn2)C1. The Labute approximate surface area is 220 Å². The number of hydrogen-bond donors (Lipinski definition) is 0. The highest BCUT2D eigenvalue weighted by Gasteiger charge is 2.28. The summed E-state index contributed by atoms with van der Waals surface area (Å²) in [4.78, 5) is 19.2. The van der Waals surface area contributed by atoms with Gasteiger partial charge in [-0.2, -0.15) is 9.78 Å². The number of anilines is 1. The largest absolute Gasteiger partial charge is 0.454 e. The molecule has 2 aromatic carbocycles. The van der Waals surface area contributed by atoms with Crippen LogP contribution >= 0.6 is 23.2 Å². The molecule has 0 saturated carbocycles. The molecule has 0 N–H and O–H groups in total. The molecule has 4 aromatic rings. The number of ether oxygens (including phenoxy) is 2. The first-order valence-corrected chi connectivity index (χ1v) is 12.2. The Morgan fingerprint density at radius 3 is 2.51 bits per heavy atom. The van der Waals surface area contributed by atoms with Gasteiger partial charge >= 0.3 is 5.69 Å². The summed E-state index contributed by atoms with van der Waals surface area (Å²) in [5.41, 5.74) is -0.473. The van der Waals surface area contributed by atoms with E-state index in [2.05, 4.69) is 10.1 Å². The Morgan fingerprint density at radius 2 is 1.81 bits per heavy atom. The number of nitrogens with zero attached hydrogens (tertiary/aromatic N) is 5. The number of pyridine rings is 1. The zero-order valence-corrected chi connectivity index (χ0v) is 21.1. The van der Waals surface area contributed by atoms with E-state index in [1.807, 2.05) is 11.8 Å². The van der Waals surface area contributed by atoms with E-state index in [-0.39, 0.29) is 23.2 Å². The van der Waals surface area contributed by atoms with Crippen molar-refractivity contribution in [1.29, 1.82) is 0 Å². The Hall–Kier alpha value is -3.47. The van der Waals surface area contributed by atoms with Crippen molar-refractivity contribution in [1.82, 2.24) is 19.3 Å². The van der Waals surface area contributed by atoms with Crippen LogP contribution in [-0.2, 0) is 11.3 Å². The summed E-state index contributed by atoms with van der Waals surface area (Å²) in [6.07, 6.45) is 2.88. The van der Waals surface area contributed by atoms with Gasteiger partial charge in [-0.1, -0.05) is 29.3 Å². The normalized spacial score (nSPS) is 13.6. The van der Waals surface area contributed by atoms with E-state index in [1.54, 1.807) is 18.2 Å². The average Bonchev–Trinajstić information content (AvgIpc) is 3.21. The van der Waals surface area contributed by atoms with E-state index in [0.29, 0.717) is 34.6 Å². The first kappa shape index (κ1) is 25.2. The van der Waals surface area contributed by atoms with Crippen molar-refractivity contribution in [2.24, 2.45) is 0 Å². The van der Waals surface area contributed by atoms with Crippen molar-refractivity contribution in [3.8, 4) is 17.2 Å². The van der Waals surface area contributed by atoms with Crippen molar-refractivity contribution in [2.75, 3.05) is 24.6 Å². The molecule has 5 rings (SSSR count). The van der Waals surface area contributed by atoms with Crippen LogP contribution in [0.1, 0.15) is 12.5 Å². The lowest BCUT2D eigenvalue weighted by Crippen LogP contribution is -2.52. The lowest BCUT2D eigenvalue weighted by Gasteiger charge is -2.39. The maximum absolute atomic E-state index is 14.0. The fourth-order valence-electron chi connectivity index (χ4n) is 3.92. The lowest BCUT2D eigenvalue weighted by molar-refractivity contribution is 0.0427. The topological polar surface area (TPSA) is 74.4 Å². The van der Waals surface area contributed by atoms with Crippen LogP contribution in [0.2, 0.25) is 10.0 Å². The van der Waals surface area contributed by atoms with Crippen molar-refractivity contribution in [3.05, 3.63) is 92.7 Å². The summed E-state index contributed by atoms with van der Waals surface area (Å²) in [6, 6.07) is 9.90. The molecule has 1 fully saturated rings. The van der Waals surface area contributed by atoms with E-state index in [1.165, 1.54) is 24.7 Å². The van der Waals surface area contributed by atoms with Gasteiger partial charge in [0.2, 0.25) is 0 Å². The van der Waals surface area contributed by atoms with Crippen molar-refractivity contribution in [3.63, 3.8) is 0 Å². The standard InChI is InChI=1S/C25H21Cl2F2N5O3/c1-2-36-16-11-32(12-16)24-9-23(19(27)10-30-24)37-22-7-6-15(8-18(22)26)34-25(35)33(14-31-34)13-17-20(28)4-3-5-21(17)29/h3-10,14,16H,2,11-13H2,1H3. The Bertz CT molecular complexity index is 1480. The Kier molecular flexibility index (Phi) is 7.14. The summed E-state index contributed by atoms with van der Waals surface area (Å²) in [5, 5.41) is 4.56. The number of benzene rings is 2. The highest BCUT2D eigenvalue weighted by molar-refractivity contribution is 6.33. The van der Waals surface area contributed by atoms with Gasteiger partial charge in [0, 0.05) is 31.3 Å². The zero-order valence-electron chi connectivity index (χ0n) is 19.6. The fraction of sp³-hybridized carbons (Fsp3) is 0.240. The second-order valence-electron chi connectivity index (χ2n) is 8.33. The van der Waals surface area contributed by atoms with Gasteiger partial charge in [0.1, 0.15) is 34.6 Å². The van der Waals surface area contributed by atoms with E-state index < -0.39 is 17.3 Å². The monoisotopic (exact) mass is 547 g/mol. The summed E-state index contributed by atoms with van der Waals surface area (Å²) < 4.78 is 41.7. The third kappa shape index (κ3) is 5.18. The third-order valence-corrected chi connectivity index (χ3v) is 6.46. The molecule has 37 heavy (non-hydrogen) atoms. The first-order chi connectivity index (χ1) is 17.8. The van der Waals surface area contributed by atoms with Crippen LogP contribution in [0.15, 0.2) is 59.8 Å². The minimum atomic E-state index is -0.745. The maximum Gasteiger partial charge on any atom is 0.350 e. The zero-order chi connectivity index (χ0) is 26.1. The third-order valence-electron chi connectivity index (χ3n) is 5.88. The summed E-state index contributed by atoms with van der Waals surface area (Å²) >= 11 is 12.7. The molecular weight excluding hydrogens is 527 g/mol. The minimum absolute atomic E-state index is 0.173. The van der Waals surface area contributed by atoms with Gasteiger partial charge in [0.05, 0.1) is 29.6 Å². The molecule has 0 unspecified atom stereocenters. The molecule has 1 aliphatic heterocycles. The van der Waals surface area contributed by atoms with Crippen LogP contribution in [-0.4, -0.2) is 45.1 Å². The number of halogens is 4. The van der Waals surface area contributed by atoms with Crippen molar-refractivity contribution in [2.45, 2.75) is 19.6 Å². The van der Waals surface area contributed by atoms with Crippen LogP contribution in [0, 0.1) is 11.6 Å². The van der Waals surface area contributed by atoms with Crippen LogP contribution in [0.3, 0.4) is 0 Å². The fourth-order valence-corrected chi connectivity index (χ4v) is 4.28. The lowest BCUT2D eigenvalue weighted by atomic mass is 10.1. The summed E-state index contributed by atoms with van der Waals surface area (Å²) in [6.45, 7) is 3.76. The van der Waals surface area contributed by atoms with E-state index >= 15 is 0 Å². The van der Waals surface area contributed by atoms with Gasteiger partial charge in [0.15, 0.2) is 5.75 Å². The molecule has 0 radical (unpaired) electrons. The van der Waals surface area contributed by atoms with Crippen LogP contribution < -0.4 is 15.3 Å². The van der Waals surface area contributed by atoms with E-state index in [4.69, 9.17) is 32.7 Å². The highest BCUT2D eigenvalue weighted by atomic mass is 35.5. The van der Waals surface area contributed by atoms with Crippen LogP contribution in [0.4, 0.5) is 14.6 Å². The molecule has 0 bridgehead atoms. The Balaban J connectivity index is 1.34. The van der Waals surface area contributed by atoms with Gasteiger partial charge in [-0.3, -0.25) is 4.57 Å². The number of rotatable bonds is 8. The van der Waals surface area contributed by atoms with Gasteiger partial charge in [0.25, 0.3) is 0 Å². The summed E-state index contributed by atoms with van der Waals surface area (Å²) in [5.74, 6) is -0.113. The molecule has 3 heterocycles. The molecule has 12 heteroatoms. The van der Waals surface area contributed by atoms with E-state index in [0.717, 1.165) is 34.5 Å². The molecule has 0 amide bonds. The van der Waals surface area contributed by atoms with Gasteiger partial charge < -0.3 is 14.4 Å². The molecule has 192 valence electrons. The maximum atomic E-state index is 14.0. The Morgan fingerprint density at radius 1 is 1.05 bits per heavy atom. The van der Waals surface area contributed by atoms with Gasteiger partial charge in [-0.15, -0.1) is 0 Å². The second kappa shape index (κ2) is 10.5.